The minimum atomic E-state index is -1.82. The molecule has 3 aliphatic rings. The summed E-state index contributed by atoms with van der Waals surface area (Å²) >= 11 is 0. The highest BCUT2D eigenvalue weighted by atomic mass is 16.5. The molecule has 0 saturated heterocycles. The first kappa shape index (κ1) is 20.2. The molecule has 1 aromatic carbocycles. The number of aromatic hydroxyl groups is 1. The molecule has 1 unspecified atom stereocenters. The van der Waals surface area contributed by atoms with Crippen molar-refractivity contribution in [3.63, 3.8) is 0 Å². The molecule has 3 aliphatic carbocycles. The van der Waals surface area contributed by atoms with Crippen LogP contribution in [0.2, 0.25) is 0 Å². The fourth-order valence-corrected chi connectivity index (χ4v) is 6.13. The number of esters is 1. The Morgan fingerprint density at radius 3 is 2.72 bits per heavy atom. The molecule has 0 spiro atoms. The van der Waals surface area contributed by atoms with Crippen molar-refractivity contribution < 1.29 is 34.8 Å². The maximum absolute atomic E-state index is 12.2. The van der Waals surface area contributed by atoms with Gasteiger partial charge in [-0.1, -0.05) is 6.92 Å². The van der Waals surface area contributed by atoms with Crippen molar-refractivity contribution in [2.24, 2.45) is 17.3 Å². The number of phenols is 1. The summed E-state index contributed by atoms with van der Waals surface area (Å²) < 4.78 is 5.45. The van der Waals surface area contributed by atoms with E-state index >= 15 is 0 Å². The Morgan fingerprint density at radius 1 is 1.24 bits per heavy atom. The van der Waals surface area contributed by atoms with Crippen LogP contribution in [-0.4, -0.2) is 44.6 Å². The molecule has 158 valence electrons. The predicted octanol–water partition coefficient (Wildman–Crippen LogP) is 2.35. The van der Waals surface area contributed by atoms with Crippen LogP contribution in [0.25, 0.3) is 0 Å². The molecule has 7 heteroatoms. The van der Waals surface area contributed by atoms with Gasteiger partial charge >= 0.3 is 11.9 Å². The zero-order valence-electron chi connectivity index (χ0n) is 16.5. The Morgan fingerprint density at radius 2 is 2.00 bits per heavy atom. The van der Waals surface area contributed by atoms with E-state index in [2.05, 4.69) is 6.92 Å². The monoisotopic (exact) mass is 404 g/mol. The third-order valence-corrected chi connectivity index (χ3v) is 7.59. The number of phenolic OH excluding ortho intramolecular Hbond substituents is 1. The van der Waals surface area contributed by atoms with Crippen LogP contribution in [0.15, 0.2) is 12.1 Å². The van der Waals surface area contributed by atoms with Crippen LogP contribution >= 0.6 is 0 Å². The minimum Gasteiger partial charge on any atom is -0.508 e. The highest BCUT2D eigenvalue weighted by molar-refractivity contribution is 5.81. The van der Waals surface area contributed by atoms with Crippen molar-refractivity contribution in [2.75, 3.05) is 0 Å². The molecule has 0 aliphatic heterocycles. The number of rotatable bonds is 4. The van der Waals surface area contributed by atoms with Gasteiger partial charge in [-0.15, -0.1) is 0 Å². The first-order valence-corrected chi connectivity index (χ1v) is 10.4. The molecule has 0 heterocycles. The summed E-state index contributed by atoms with van der Waals surface area (Å²) in [6, 6.07) is 3.12. The van der Waals surface area contributed by atoms with Crippen molar-refractivity contribution in [3.05, 3.63) is 23.3 Å². The predicted molar refractivity (Wildman–Crippen MR) is 103 cm³/mol. The van der Waals surface area contributed by atoms with Crippen molar-refractivity contribution in [1.29, 1.82) is 0 Å². The largest absolute Gasteiger partial charge is 0.508 e. The van der Waals surface area contributed by atoms with Crippen LogP contribution in [-0.2, 0) is 16.0 Å². The topological polar surface area (TPSA) is 124 Å². The number of aliphatic hydroxyl groups is 2. The van der Waals surface area contributed by atoms with Gasteiger partial charge < -0.3 is 25.2 Å². The molecule has 0 bridgehead atoms. The van der Waals surface area contributed by atoms with Crippen LogP contribution in [0.3, 0.4) is 0 Å². The molecule has 7 nitrogen and oxygen atoms in total. The Labute approximate surface area is 169 Å². The Bertz CT molecular complexity index is 835. The summed E-state index contributed by atoms with van der Waals surface area (Å²) in [7, 11) is 0. The lowest BCUT2D eigenvalue weighted by Gasteiger charge is -2.50. The standard InChI is InChI=1S/C22H28O7/c1-22-7-6-14-13(15(22)4-5-18(22)25)3-2-11-8-12(23)9-17(20(11)14)29-19(26)10-16(24)21(27)28/h8-9,13-16,18,23-25H,2-7,10H2,1H3,(H,27,28)/t13-,14+,15+,16?,18-,22+/m1/s1. The van der Waals surface area contributed by atoms with Gasteiger partial charge in [-0.3, -0.25) is 4.79 Å². The number of aliphatic carboxylic acids is 1. The highest BCUT2D eigenvalue weighted by Crippen LogP contribution is 2.62. The summed E-state index contributed by atoms with van der Waals surface area (Å²) in [5.74, 6) is -1.09. The molecule has 2 fully saturated rings. The fourth-order valence-electron chi connectivity index (χ4n) is 6.13. The summed E-state index contributed by atoms with van der Waals surface area (Å²) in [5.41, 5.74) is 1.80. The molecule has 2 saturated carbocycles. The second-order valence-electron chi connectivity index (χ2n) is 9.10. The van der Waals surface area contributed by atoms with Crippen molar-refractivity contribution in [2.45, 2.75) is 70.0 Å². The molecule has 6 atom stereocenters. The molecule has 29 heavy (non-hydrogen) atoms. The molecule has 0 radical (unpaired) electrons. The number of carbonyl (C=O) groups excluding carboxylic acids is 1. The fraction of sp³-hybridized carbons (Fsp3) is 0.636. The summed E-state index contributed by atoms with van der Waals surface area (Å²) in [5, 5.41) is 38.9. The number of hydrogen-bond acceptors (Lipinski definition) is 6. The van der Waals surface area contributed by atoms with E-state index in [1.54, 1.807) is 6.07 Å². The number of benzene rings is 1. The van der Waals surface area contributed by atoms with Crippen LogP contribution in [0.1, 0.15) is 62.5 Å². The Balaban J connectivity index is 1.64. The van der Waals surface area contributed by atoms with E-state index in [4.69, 9.17) is 9.84 Å². The van der Waals surface area contributed by atoms with E-state index in [1.807, 2.05) is 0 Å². The van der Waals surface area contributed by atoms with Gasteiger partial charge in [0.2, 0.25) is 0 Å². The van der Waals surface area contributed by atoms with Crippen molar-refractivity contribution >= 4 is 11.9 Å². The van der Waals surface area contributed by atoms with E-state index < -0.39 is 24.5 Å². The van der Waals surface area contributed by atoms with Crippen LogP contribution in [0.4, 0.5) is 0 Å². The molecule has 1 aromatic rings. The van der Waals surface area contributed by atoms with E-state index in [0.29, 0.717) is 11.8 Å². The van der Waals surface area contributed by atoms with Crippen molar-refractivity contribution in [1.82, 2.24) is 0 Å². The first-order valence-electron chi connectivity index (χ1n) is 10.4. The van der Waals surface area contributed by atoms with Gasteiger partial charge in [-0.25, -0.2) is 4.79 Å². The van der Waals surface area contributed by atoms with Gasteiger partial charge in [-0.05, 0) is 73.3 Å². The molecular weight excluding hydrogens is 376 g/mol. The normalized spacial score (nSPS) is 33.9. The maximum atomic E-state index is 12.2. The zero-order valence-corrected chi connectivity index (χ0v) is 16.5. The summed E-state index contributed by atoms with van der Waals surface area (Å²) in [6.07, 6.45) is 2.56. The zero-order chi connectivity index (χ0) is 20.9. The summed E-state index contributed by atoms with van der Waals surface area (Å²) in [6.45, 7) is 2.19. The number of aryl methyl sites for hydroxylation is 1. The maximum Gasteiger partial charge on any atom is 0.333 e. The minimum absolute atomic E-state index is 0.000666. The number of carbonyl (C=O) groups is 2. The number of aliphatic hydroxyl groups excluding tert-OH is 2. The molecule has 4 N–H and O–H groups in total. The third-order valence-electron chi connectivity index (χ3n) is 7.59. The van der Waals surface area contributed by atoms with E-state index in [0.717, 1.165) is 49.7 Å². The number of ether oxygens (including phenoxy) is 1. The second kappa shape index (κ2) is 7.29. The van der Waals surface area contributed by atoms with Crippen LogP contribution < -0.4 is 4.74 Å². The van der Waals surface area contributed by atoms with Gasteiger partial charge in [0.05, 0.1) is 12.5 Å². The van der Waals surface area contributed by atoms with Crippen molar-refractivity contribution in [3.8, 4) is 11.5 Å². The Kier molecular flexibility index (Phi) is 5.07. The van der Waals surface area contributed by atoms with Gasteiger partial charge in [0.25, 0.3) is 0 Å². The molecule has 4 rings (SSSR count). The van der Waals surface area contributed by atoms with E-state index in [-0.39, 0.29) is 28.9 Å². The van der Waals surface area contributed by atoms with Crippen LogP contribution in [0, 0.1) is 17.3 Å². The van der Waals surface area contributed by atoms with Crippen LogP contribution in [0.5, 0.6) is 11.5 Å². The lowest BCUT2D eigenvalue weighted by atomic mass is 9.55. The lowest BCUT2D eigenvalue weighted by molar-refractivity contribution is -0.152. The van der Waals surface area contributed by atoms with Gasteiger partial charge in [0.1, 0.15) is 11.5 Å². The third kappa shape index (κ3) is 3.40. The van der Waals surface area contributed by atoms with Gasteiger partial charge in [0.15, 0.2) is 6.10 Å². The van der Waals surface area contributed by atoms with Gasteiger partial charge in [0, 0.05) is 11.6 Å². The number of carboxylic acid groups (broad SMARTS) is 1. The van der Waals surface area contributed by atoms with Gasteiger partial charge in [-0.2, -0.15) is 0 Å². The van der Waals surface area contributed by atoms with E-state index in [1.165, 1.54) is 6.07 Å². The number of hydrogen-bond donors (Lipinski definition) is 4. The SMILES string of the molecule is C[C@]12CC[C@@H]3c4c(cc(O)cc4OC(=O)CC(O)C(=O)O)CC[C@H]3[C@@H]1CC[C@H]2O. The lowest BCUT2D eigenvalue weighted by Crippen LogP contribution is -2.44. The number of fused-ring (bicyclic) bond motifs is 5. The highest BCUT2D eigenvalue weighted by Gasteiger charge is 2.54. The first-order chi connectivity index (χ1) is 13.7. The summed E-state index contributed by atoms with van der Waals surface area (Å²) in [4.78, 5) is 23.0. The number of carboxylic acids is 1. The molecular formula is C22H28O7. The smallest absolute Gasteiger partial charge is 0.333 e. The average Bonchev–Trinajstić information content (AvgIpc) is 2.96. The average molecular weight is 404 g/mol. The van der Waals surface area contributed by atoms with E-state index in [9.17, 15) is 24.9 Å². The Hall–Kier alpha value is -2.12. The molecule has 0 amide bonds. The quantitative estimate of drug-likeness (QED) is 0.448. The molecule has 0 aromatic heterocycles. The second-order valence-corrected chi connectivity index (χ2v) is 9.10.